The number of likely N-dealkylation sites (N-methyl/N-ethyl adjacent to an activating group) is 1. The normalized spacial score (nSPS) is 18.2. The van der Waals surface area contributed by atoms with Gasteiger partial charge in [0, 0.05) is 23.9 Å². The first kappa shape index (κ1) is 20.2. The summed E-state index contributed by atoms with van der Waals surface area (Å²) in [5, 5.41) is 3.73. The molecule has 1 saturated carbocycles. The number of nitrogens with zero attached hydrogens (tertiary/aromatic N) is 1. The Morgan fingerprint density at radius 3 is 2.64 bits per heavy atom. The van der Waals surface area contributed by atoms with Crippen molar-refractivity contribution in [2.45, 2.75) is 52.0 Å². The van der Waals surface area contributed by atoms with Gasteiger partial charge < -0.3 is 10.1 Å². The average molecular weight is 387 g/mol. The predicted molar refractivity (Wildman–Crippen MR) is 103 cm³/mol. The molecular formula is C18H27ClN2O3S. The molecule has 25 heavy (non-hydrogen) atoms. The van der Waals surface area contributed by atoms with Crippen LogP contribution in [0.15, 0.2) is 0 Å². The summed E-state index contributed by atoms with van der Waals surface area (Å²) < 4.78 is 4.98. The first-order valence-corrected chi connectivity index (χ1v) is 9.71. The smallest absolute Gasteiger partial charge is 0.341 e. The maximum absolute atomic E-state index is 12.6. The Balaban J connectivity index is 0.00000225. The van der Waals surface area contributed by atoms with Gasteiger partial charge in [0.05, 0.1) is 12.7 Å². The summed E-state index contributed by atoms with van der Waals surface area (Å²) in [5.74, 6) is -0.197. The summed E-state index contributed by atoms with van der Waals surface area (Å²) in [6.45, 7) is 4.93. The van der Waals surface area contributed by atoms with Crippen LogP contribution in [0.3, 0.4) is 0 Å². The van der Waals surface area contributed by atoms with Crippen molar-refractivity contribution in [3.05, 3.63) is 16.0 Å². The van der Waals surface area contributed by atoms with Crippen LogP contribution in [0.4, 0.5) is 5.00 Å². The van der Waals surface area contributed by atoms with E-state index in [4.69, 9.17) is 4.74 Å². The molecule has 0 atom stereocenters. The maximum Gasteiger partial charge on any atom is 0.341 e. The zero-order valence-corrected chi connectivity index (χ0v) is 16.6. The van der Waals surface area contributed by atoms with E-state index in [2.05, 4.69) is 17.1 Å². The lowest BCUT2D eigenvalue weighted by Gasteiger charge is -2.25. The van der Waals surface area contributed by atoms with Crippen molar-refractivity contribution < 1.29 is 14.3 Å². The van der Waals surface area contributed by atoms with Crippen LogP contribution < -0.4 is 5.32 Å². The van der Waals surface area contributed by atoms with Crippen LogP contribution in [0.25, 0.3) is 0 Å². The fraction of sp³-hybridized carbons (Fsp3) is 0.667. The molecule has 1 amide bonds. The maximum atomic E-state index is 12.6. The summed E-state index contributed by atoms with van der Waals surface area (Å²) in [6.07, 6.45) is 6.20. The minimum absolute atomic E-state index is 0. The molecule has 5 nitrogen and oxygen atoms in total. The second kappa shape index (κ2) is 9.01. The van der Waals surface area contributed by atoms with Gasteiger partial charge in [-0.3, -0.25) is 9.69 Å². The van der Waals surface area contributed by atoms with E-state index >= 15 is 0 Å². The van der Waals surface area contributed by atoms with Crippen molar-refractivity contribution in [1.29, 1.82) is 0 Å². The number of nitrogens with one attached hydrogen (secondary N) is 1. The SMILES string of the molecule is CCN1CCc2c(sc(NC(=O)C3CCCCC3)c2C(=O)OC)C1.Cl. The summed E-state index contributed by atoms with van der Waals surface area (Å²) >= 11 is 1.54. The number of hydrogen-bond acceptors (Lipinski definition) is 5. The first-order chi connectivity index (χ1) is 11.6. The fourth-order valence-electron chi connectivity index (χ4n) is 3.71. The molecule has 1 aromatic rings. The lowest BCUT2D eigenvalue weighted by Crippen LogP contribution is -2.30. The molecule has 3 rings (SSSR count). The number of thiophene rings is 1. The standard InChI is InChI=1S/C18H26N2O3S.ClH/c1-3-20-10-9-13-14(11-20)24-17(15(13)18(22)23-2)19-16(21)12-7-5-4-6-8-12;/h12H,3-11H2,1-2H3,(H,19,21);1H. The van der Waals surface area contributed by atoms with Crippen LogP contribution in [0.1, 0.15) is 59.8 Å². The van der Waals surface area contributed by atoms with Crippen LogP contribution in [-0.2, 0) is 22.5 Å². The number of hydrogen-bond donors (Lipinski definition) is 1. The number of fused-ring (bicyclic) bond motifs is 1. The van der Waals surface area contributed by atoms with E-state index in [-0.39, 0.29) is 30.2 Å². The van der Waals surface area contributed by atoms with Crippen LogP contribution >= 0.6 is 23.7 Å². The molecule has 1 aromatic heterocycles. The molecule has 1 N–H and O–H groups in total. The molecular weight excluding hydrogens is 360 g/mol. The van der Waals surface area contributed by atoms with Gasteiger partial charge in [-0.2, -0.15) is 0 Å². The number of methoxy groups -OCH3 is 1. The van der Waals surface area contributed by atoms with Gasteiger partial charge in [0.15, 0.2) is 0 Å². The van der Waals surface area contributed by atoms with E-state index in [9.17, 15) is 9.59 Å². The number of anilines is 1. The second-order valence-corrected chi connectivity index (χ2v) is 7.75. The zero-order valence-electron chi connectivity index (χ0n) is 14.9. The molecule has 1 aliphatic heterocycles. The summed E-state index contributed by atoms with van der Waals surface area (Å²) in [4.78, 5) is 28.4. The fourth-order valence-corrected chi connectivity index (χ4v) is 4.99. The molecule has 0 unspecified atom stereocenters. The quantitative estimate of drug-likeness (QED) is 0.798. The zero-order chi connectivity index (χ0) is 17.1. The van der Waals surface area contributed by atoms with E-state index in [0.29, 0.717) is 10.6 Å². The largest absolute Gasteiger partial charge is 0.465 e. The Morgan fingerprint density at radius 1 is 1.28 bits per heavy atom. The number of carbonyl (C=O) groups is 2. The van der Waals surface area contributed by atoms with Gasteiger partial charge in [-0.1, -0.05) is 26.2 Å². The van der Waals surface area contributed by atoms with Gasteiger partial charge in [-0.05, 0) is 31.4 Å². The minimum Gasteiger partial charge on any atom is -0.465 e. The Morgan fingerprint density at radius 2 is 2.00 bits per heavy atom. The van der Waals surface area contributed by atoms with Gasteiger partial charge >= 0.3 is 5.97 Å². The number of esters is 1. The summed E-state index contributed by atoms with van der Waals surface area (Å²) in [5.41, 5.74) is 1.65. The van der Waals surface area contributed by atoms with Crippen molar-refractivity contribution in [3.63, 3.8) is 0 Å². The Bertz CT molecular complexity index is 626. The summed E-state index contributed by atoms with van der Waals surface area (Å²) in [7, 11) is 1.40. The van der Waals surface area contributed by atoms with Crippen molar-refractivity contribution in [3.8, 4) is 0 Å². The molecule has 140 valence electrons. The highest BCUT2D eigenvalue weighted by atomic mass is 35.5. The third-order valence-electron chi connectivity index (χ3n) is 5.19. The van der Waals surface area contributed by atoms with Gasteiger partial charge in [-0.25, -0.2) is 4.79 Å². The number of halogens is 1. The van der Waals surface area contributed by atoms with Gasteiger partial charge in [0.2, 0.25) is 5.91 Å². The topological polar surface area (TPSA) is 58.6 Å². The summed E-state index contributed by atoms with van der Waals surface area (Å²) in [6, 6.07) is 0. The van der Waals surface area contributed by atoms with Crippen molar-refractivity contribution >= 4 is 40.6 Å². The Hall–Kier alpha value is -1.11. The molecule has 1 aliphatic carbocycles. The van der Waals surface area contributed by atoms with E-state index in [0.717, 1.165) is 57.3 Å². The molecule has 0 spiro atoms. The van der Waals surface area contributed by atoms with Crippen molar-refractivity contribution in [2.75, 3.05) is 25.5 Å². The Labute approximate surface area is 159 Å². The number of carbonyl (C=O) groups excluding carboxylic acids is 2. The van der Waals surface area contributed by atoms with Crippen LogP contribution in [0.5, 0.6) is 0 Å². The molecule has 0 saturated heterocycles. The molecule has 1 fully saturated rings. The second-order valence-electron chi connectivity index (χ2n) is 6.64. The van der Waals surface area contributed by atoms with Crippen LogP contribution in [0.2, 0.25) is 0 Å². The molecule has 2 heterocycles. The molecule has 0 radical (unpaired) electrons. The van der Waals surface area contributed by atoms with Gasteiger partial charge in [0.25, 0.3) is 0 Å². The third kappa shape index (κ3) is 4.36. The minimum atomic E-state index is -0.337. The molecule has 2 aliphatic rings. The van der Waals surface area contributed by atoms with E-state index < -0.39 is 0 Å². The number of ether oxygens (including phenoxy) is 1. The highest BCUT2D eigenvalue weighted by molar-refractivity contribution is 7.17. The highest BCUT2D eigenvalue weighted by Crippen LogP contribution is 2.38. The Kier molecular flexibility index (Phi) is 7.28. The van der Waals surface area contributed by atoms with Gasteiger partial charge in [0.1, 0.15) is 5.00 Å². The number of amides is 1. The number of rotatable bonds is 4. The van der Waals surface area contributed by atoms with Gasteiger partial charge in [-0.15, -0.1) is 23.7 Å². The van der Waals surface area contributed by atoms with Crippen molar-refractivity contribution in [1.82, 2.24) is 4.90 Å². The van der Waals surface area contributed by atoms with Crippen LogP contribution in [0, 0.1) is 5.92 Å². The average Bonchev–Trinajstić information content (AvgIpc) is 2.98. The highest BCUT2D eigenvalue weighted by Gasteiger charge is 2.30. The van der Waals surface area contributed by atoms with E-state index in [1.54, 1.807) is 11.3 Å². The first-order valence-electron chi connectivity index (χ1n) is 8.90. The molecule has 0 aromatic carbocycles. The monoisotopic (exact) mass is 386 g/mol. The predicted octanol–water partition coefficient (Wildman–Crippen LogP) is 3.85. The van der Waals surface area contributed by atoms with Crippen LogP contribution in [-0.4, -0.2) is 37.0 Å². The lowest BCUT2D eigenvalue weighted by atomic mass is 9.88. The molecule has 0 bridgehead atoms. The van der Waals surface area contributed by atoms with E-state index in [1.165, 1.54) is 18.4 Å². The lowest BCUT2D eigenvalue weighted by molar-refractivity contribution is -0.120. The third-order valence-corrected chi connectivity index (χ3v) is 6.32. The van der Waals surface area contributed by atoms with E-state index in [1.807, 2.05) is 0 Å². The molecule has 7 heteroatoms. The van der Waals surface area contributed by atoms with Crippen molar-refractivity contribution in [2.24, 2.45) is 5.92 Å².